The van der Waals surface area contributed by atoms with Crippen LogP contribution in [-0.2, 0) is 26.0 Å². The highest BCUT2D eigenvalue weighted by molar-refractivity contribution is 7.92. The third-order valence-electron chi connectivity index (χ3n) is 8.12. The van der Waals surface area contributed by atoms with E-state index in [1.54, 1.807) is 24.3 Å². The molecule has 10 heteroatoms. The van der Waals surface area contributed by atoms with Gasteiger partial charge in [-0.25, -0.2) is 8.42 Å². The van der Waals surface area contributed by atoms with Crippen molar-refractivity contribution in [3.05, 3.63) is 88.9 Å². The van der Waals surface area contributed by atoms with Crippen molar-refractivity contribution in [3.63, 3.8) is 0 Å². The zero-order valence-corrected chi connectivity index (χ0v) is 27.2. The van der Waals surface area contributed by atoms with E-state index in [1.807, 2.05) is 44.2 Å². The van der Waals surface area contributed by atoms with Crippen molar-refractivity contribution in [1.29, 1.82) is 0 Å². The summed E-state index contributed by atoms with van der Waals surface area (Å²) in [6.45, 7) is 3.43. The van der Waals surface area contributed by atoms with E-state index >= 15 is 0 Å². The van der Waals surface area contributed by atoms with Crippen LogP contribution in [0.15, 0.2) is 77.7 Å². The number of hydrogen-bond donors (Lipinski definition) is 1. The lowest BCUT2D eigenvalue weighted by Crippen LogP contribution is -2.54. The van der Waals surface area contributed by atoms with E-state index in [0.717, 1.165) is 47.5 Å². The Morgan fingerprint density at radius 2 is 1.68 bits per heavy atom. The van der Waals surface area contributed by atoms with Crippen molar-refractivity contribution in [2.45, 2.75) is 75.8 Å². The Morgan fingerprint density at radius 1 is 1.00 bits per heavy atom. The molecule has 0 spiro atoms. The number of halogens is 1. The Hall–Kier alpha value is -3.56. The molecule has 44 heavy (non-hydrogen) atoms. The van der Waals surface area contributed by atoms with Crippen molar-refractivity contribution >= 4 is 39.1 Å². The molecule has 236 valence electrons. The first-order valence-electron chi connectivity index (χ1n) is 15.2. The molecule has 1 atom stereocenters. The number of nitrogens with zero attached hydrogens (tertiary/aromatic N) is 2. The quantitative estimate of drug-likeness (QED) is 0.242. The van der Waals surface area contributed by atoms with Gasteiger partial charge in [-0.05, 0) is 68.5 Å². The van der Waals surface area contributed by atoms with Crippen LogP contribution in [0.25, 0.3) is 0 Å². The average Bonchev–Trinajstić information content (AvgIpc) is 3.02. The summed E-state index contributed by atoms with van der Waals surface area (Å²) in [6, 6.07) is 20.1. The molecule has 8 nitrogen and oxygen atoms in total. The Kier molecular flexibility index (Phi) is 11.7. The first kappa shape index (κ1) is 33.3. The Bertz CT molecular complexity index is 1510. The van der Waals surface area contributed by atoms with Crippen molar-refractivity contribution in [2.75, 3.05) is 24.5 Å². The van der Waals surface area contributed by atoms with E-state index in [1.165, 1.54) is 30.2 Å². The average molecular weight is 640 g/mol. The molecule has 0 saturated heterocycles. The molecule has 2 amide bonds. The number of carbonyl (C=O) groups excluding carboxylic acids is 2. The maximum atomic E-state index is 14.3. The standard InChI is InChI=1S/C34H42ClN3O5S/c1-4-30(34(40)36-28-13-9-6-10-14-28)37(22-21-26-11-7-5-8-12-26)33(39)24-38(31-23-27(35)17-20-32(31)43-3)44(41,42)29-18-15-25(2)16-19-29/h5,7-8,11-12,15-20,23,28,30H,4,6,9-10,13-14,21-22,24H2,1-3H3,(H,36,40). The van der Waals surface area contributed by atoms with Gasteiger partial charge in [0.1, 0.15) is 18.3 Å². The van der Waals surface area contributed by atoms with Gasteiger partial charge in [0.05, 0.1) is 17.7 Å². The van der Waals surface area contributed by atoms with Gasteiger partial charge >= 0.3 is 0 Å². The van der Waals surface area contributed by atoms with Gasteiger partial charge in [0.15, 0.2) is 0 Å². The second-order valence-electron chi connectivity index (χ2n) is 11.2. The number of amides is 2. The molecule has 0 aromatic heterocycles. The number of anilines is 1. The molecular weight excluding hydrogens is 598 g/mol. The molecule has 1 unspecified atom stereocenters. The van der Waals surface area contributed by atoms with Gasteiger partial charge in [0.2, 0.25) is 11.8 Å². The van der Waals surface area contributed by atoms with Crippen molar-refractivity contribution in [1.82, 2.24) is 10.2 Å². The highest BCUT2D eigenvalue weighted by Gasteiger charge is 2.35. The fourth-order valence-electron chi connectivity index (χ4n) is 5.65. The topological polar surface area (TPSA) is 96.0 Å². The van der Waals surface area contributed by atoms with Crippen LogP contribution in [0.1, 0.15) is 56.6 Å². The van der Waals surface area contributed by atoms with Crippen molar-refractivity contribution in [3.8, 4) is 5.75 Å². The van der Waals surface area contributed by atoms with E-state index in [4.69, 9.17) is 16.3 Å². The number of hydrogen-bond acceptors (Lipinski definition) is 5. The normalized spacial score (nSPS) is 14.5. The lowest BCUT2D eigenvalue weighted by molar-refractivity contribution is -0.140. The molecule has 1 N–H and O–H groups in total. The largest absolute Gasteiger partial charge is 0.495 e. The molecule has 1 saturated carbocycles. The number of methoxy groups -OCH3 is 1. The zero-order valence-electron chi connectivity index (χ0n) is 25.7. The Morgan fingerprint density at radius 3 is 2.32 bits per heavy atom. The molecule has 1 aliphatic carbocycles. The summed E-state index contributed by atoms with van der Waals surface area (Å²) in [5.74, 6) is -0.464. The molecule has 3 aromatic rings. The third-order valence-corrected chi connectivity index (χ3v) is 10.1. The van der Waals surface area contributed by atoms with E-state index in [-0.39, 0.29) is 39.8 Å². The smallest absolute Gasteiger partial charge is 0.264 e. The number of rotatable bonds is 13. The van der Waals surface area contributed by atoms with Crippen LogP contribution in [0.3, 0.4) is 0 Å². The lowest BCUT2D eigenvalue weighted by atomic mass is 9.95. The first-order valence-corrected chi connectivity index (χ1v) is 17.0. The minimum atomic E-state index is -4.24. The second-order valence-corrected chi connectivity index (χ2v) is 13.5. The van der Waals surface area contributed by atoms with E-state index in [2.05, 4.69) is 5.32 Å². The van der Waals surface area contributed by atoms with Crippen LogP contribution in [0.2, 0.25) is 5.02 Å². The minimum absolute atomic E-state index is 0.0239. The van der Waals surface area contributed by atoms with Gasteiger partial charge in [-0.3, -0.25) is 13.9 Å². The van der Waals surface area contributed by atoms with E-state index in [0.29, 0.717) is 12.8 Å². The molecule has 3 aromatic carbocycles. The predicted octanol–water partition coefficient (Wildman–Crippen LogP) is 6.15. The number of ether oxygens (including phenoxy) is 1. The Balaban J connectivity index is 1.72. The SMILES string of the molecule is CCC(C(=O)NC1CCCCC1)N(CCc1ccccc1)C(=O)CN(c1cc(Cl)ccc1OC)S(=O)(=O)c1ccc(C)cc1. The molecular formula is C34H42ClN3O5S. The summed E-state index contributed by atoms with van der Waals surface area (Å²) < 4.78 is 34.9. The van der Waals surface area contributed by atoms with E-state index < -0.39 is 28.5 Å². The number of sulfonamides is 1. The molecule has 0 heterocycles. The van der Waals surface area contributed by atoms with Gasteiger partial charge in [0, 0.05) is 17.6 Å². The van der Waals surface area contributed by atoms with Crippen LogP contribution in [0, 0.1) is 6.92 Å². The fraction of sp³-hybridized carbons (Fsp3) is 0.412. The van der Waals surface area contributed by atoms with Crippen molar-refractivity contribution < 1.29 is 22.7 Å². The van der Waals surface area contributed by atoms with Crippen LogP contribution in [0.5, 0.6) is 5.75 Å². The molecule has 1 aliphatic rings. The van der Waals surface area contributed by atoms with Gasteiger partial charge in [0.25, 0.3) is 10.0 Å². The fourth-order valence-corrected chi connectivity index (χ4v) is 7.23. The van der Waals surface area contributed by atoms with Crippen LogP contribution in [0.4, 0.5) is 5.69 Å². The molecule has 0 bridgehead atoms. The molecule has 4 rings (SSSR count). The summed E-state index contributed by atoms with van der Waals surface area (Å²) in [5.41, 5.74) is 2.04. The molecule has 0 radical (unpaired) electrons. The van der Waals surface area contributed by atoms with Gasteiger partial charge < -0.3 is 15.0 Å². The maximum Gasteiger partial charge on any atom is 0.264 e. The summed E-state index contributed by atoms with van der Waals surface area (Å²) in [7, 11) is -2.81. The second kappa shape index (κ2) is 15.4. The summed E-state index contributed by atoms with van der Waals surface area (Å²) >= 11 is 6.33. The zero-order chi connectivity index (χ0) is 31.7. The van der Waals surface area contributed by atoms with Crippen LogP contribution < -0.4 is 14.4 Å². The third kappa shape index (κ3) is 8.33. The summed E-state index contributed by atoms with van der Waals surface area (Å²) in [5, 5.41) is 3.46. The minimum Gasteiger partial charge on any atom is -0.495 e. The Labute approximate surface area is 266 Å². The molecule has 1 fully saturated rings. The number of carbonyl (C=O) groups is 2. The number of benzene rings is 3. The summed E-state index contributed by atoms with van der Waals surface area (Å²) in [6.07, 6.45) is 5.99. The highest BCUT2D eigenvalue weighted by atomic mass is 35.5. The van der Waals surface area contributed by atoms with Gasteiger partial charge in [-0.2, -0.15) is 0 Å². The monoisotopic (exact) mass is 639 g/mol. The number of aryl methyl sites for hydroxylation is 1. The van der Waals surface area contributed by atoms with Crippen molar-refractivity contribution in [2.24, 2.45) is 0 Å². The summed E-state index contributed by atoms with van der Waals surface area (Å²) in [4.78, 5) is 29.6. The maximum absolute atomic E-state index is 14.3. The number of nitrogens with one attached hydrogen (secondary N) is 1. The lowest BCUT2D eigenvalue weighted by Gasteiger charge is -2.34. The molecule has 0 aliphatic heterocycles. The van der Waals surface area contributed by atoms with Gasteiger partial charge in [-0.15, -0.1) is 0 Å². The predicted molar refractivity (Wildman–Crippen MR) is 175 cm³/mol. The van der Waals surface area contributed by atoms with Gasteiger partial charge in [-0.1, -0.05) is 85.8 Å². The highest BCUT2D eigenvalue weighted by Crippen LogP contribution is 2.35. The van der Waals surface area contributed by atoms with E-state index in [9.17, 15) is 18.0 Å². The first-order chi connectivity index (χ1) is 21.1. The van der Waals surface area contributed by atoms with Crippen LogP contribution >= 0.6 is 11.6 Å². The van der Waals surface area contributed by atoms with Crippen LogP contribution in [-0.4, -0.2) is 57.4 Å².